The summed E-state index contributed by atoms with van der Waals surface area (Å²) >= 11 is 0. The molecular weight excluding hydrogens is 273 g/mol. The fourth-order valence-corrected chi connectivity index (χ4v) is 2.12. The van der Waals surface area contributed by atoms with E-state index >= 15 is 0 Å². The molecule has 0 spiro atoms. The van der Waals surface area contributed by atoms with Crippen LogP contribution in [0.4, 0.5) is 10.1 Å². The molecule has 0 bridgehead atoms. The minimum absolute atomic E-state index is 0.200. The lowest BCUT2D eigenvalue weighted by Crippen LogP contribution is -2.12. The molecule has 0 radical (unpaired) electrons. The second-order valence-corrected chi connectivity index (χ2v) is 4.63. The lowest BCUT2D eigenvalue weighted by atomic mass is 10.2. The first-order chi connectivity index (χ1) is 10.0. The van der Waals surface area contributed by atoms with E-state index in [0.717, 1.165) is 22.8 Å². The number of amides is 1. The van der Waals surface area contributed by atoms with Gasteiger partial charge in [-0.05, 0) is 19.1 Å². The number of carbonyl (C=O) groups excluding carboxylic acids is 1. The minimum atomic E-state index is -0.695. The van der Waals surface area contributed by atoms with Crippen molar-refractivity contribution < 1.29 is 9.18 Å². The third kappa shape index (κ3) is 2.45. The Morgan fingerprint density at radius 2 is 2.14 bits per heavy atom. The van der Waals surface area contributed by atoms with Crippen molar-refractivity contribution in [1.82, 2.24) is 19.7 Å². The lowest BCUT2D eigenvalue weighted by Gasteiger charge is -2.05. The number of rotatable bonds is 2. The molecule has 0 aromatic carbocycles. The number of aromatic nitrogens is 4. The Labute approximate surface area is 119 Å². The number of fused-ring (bicyclic) bond motifs is 1. The molecule has 3 aromatic rings. The summed E-state index contributed by atoms with van der Waals surface area (Å²) in [6.07, 6.45) is 2.79. The van der Waals surface area contributed by atoms with Crippen LogP contribution in [0.1, 0.15) is 16.1 Å². The van der Waals surface area contributed by atoms with Crippen molar-refractivity contribution in [2.24, 2.45) is 7.05 Å². The Bertz CT molecular complexity index is 842. The van der Waals surface area contributed by atoms with Crippen molar-refractivity contribution in [3.8, 4) is 0 Å². The van der Waals surface area contributed by atoms with Crippen LogP contribution in [0.2, 0.25) is 0 Å². The number of hydrogen-bond donors (Lipinski definition) is 1. The molecule has 3 aromatic heterocycles. The first kappa shape index (κ1) is 13.2. The highest BCUT2D eigenvalue weighted by Gasteiger charge is 2.11. The van der Waals surface area contributed by atoms with Crippen LogP contribution in [0.15, 0.2) is 30.6 Å². The number of carbonyl (C=O) groups is 1. The van der Waals surface area contributed by atoms with Gasteiger partial charge >= 0.3 is 0 Å². The van der Waals surface area contributed by atoms with E-state index in [2.05, 4.69) is 20.4 Å². The van der Waals surface area contributed by atoms with Gasteiger partial charge in [-0.15, -0.1) is 0 Å². The fourth-order valence-electron chi connectivity index (χ4n) is 2.12. The normalized spacial score (nSPS) is 10.8. The van der Waals surface area contributed by atoms with Gasteiger partial charge in [-0.2, -0.15) is 9.49 Å². The van der Waals surface area contributed by atoms with Gasteiger partial charge in [0.1, 0.15) is 0 Å². The summed E-state index contributed by atoms with van der Waals surface area (Å²) in [5.74, 6) is -1.11. The number of nitrogens with zero attached hydrogens (tertiary/aromatic N) is 4. The maximum absolute atomic E-state index is 13.0. The molecule has 6 nitrogen and oxygen atoms in total. The van der Waals surface area contributed by atoms with Crippen LogP contribution < -0.4 is 5.32 Å². The van der Waals surface area contributed by atoms with Crippen LogP contribution in [-0.2, 0) is 7.05 Å². The second-order valence-electron chi connectivity index (χ2n) is 4.63. The highest BCUT2D eigenvalue weighted by molar-refractivity contribution is 6.04. The number of hydrogen-bond acceptors (Lipinski definition) is 4. The lowest BCUT2D eigenvalue weighted by molar-refractivity contribution is 0.102. The molecule has 1 amide bonds. The van der Waals surface area contributed by atoms with Crippen LogP contribution >= 0.6 is 0 Å². The highest BCUT2D eigenvalue weighted by atomic mass is 19.1. The van der Waals surface area contributed by atoms with Gasteiger partial charge in [-0.1, -0.05) is 0 Å². The number of anilines is 1. The van der Waals surface area contributed by atoms with Gasteiger partial charge in [0.05, 0.1) is 17.6 Å². The SMILES string of the molecule is Cc1nn(C)c2ncc(NC(=O)c3ccnc(F)c3)cc12. The average molecular weight is 285 g/mol. The highest BCUT2D eigenvalue weighted by Crippen LogP contribution is 2.19. The van der Waals surface area contributed by atoms with Crippen molar-refractivity contribution in [3.63, 3.8) is 0 Å². The minimum Gasteiger partial charge on any atom is -0.321 e. The van der Waals surface area contributed by atoms with Crippen LogP contribution in [-0.4, -0.2) is 25.7 Å². The van der Waals surface area contributed by atoms with Gasteiger partial charge in [-0.25, -0.2) is 9.97 Å². The summed E-state index contributed by atoms with van der Waals surface area (Å²) in [6.45, 7) is 1.87. The maximum Gasteiger partial charge on any atom is 0.255 e. The topological polar surface area (TPSA) is 72.7 Å². The third-order valence-corrected chi connectivity index (χ3v) is 3.11. The first-order valence-electron chi connectivity index (χ1n) is 6.27. The van der Waals surface area contributed by atoms with Gasteiger partial charge in [0.15, 0.2) is 5.65 Å². The maximum atomic E-state index is 13.0. The molecule has 106 valence electrons. The van der Waals surface area contributed by atoms with Crippen molar-refractivity contribution in [2.45, 2.75) is 6.92 Å². The van der Waals surface area contributed by atoms with E-state index < -0.39 is 11.9 Å². The average Bonchev–Trinajstić information content (AvgIpc) is 2.74. The molecule has 0 saturated heterocycles. The molecule has 3 heterocycles. The van der Waals surface area contributed by atoms with Crippen molar-refractivity contribution in [3.05, 3.63) is 47.8 Å². The molecule has 3 rings (SSSR count). The molecular formula is C14H12FN5O. The summed E-state index contributed by atoms with van der Waals surface area (Å²) < 4.78 is 14.7. The van der Waals surface area contributed by atoms with Crippen LogP contribution in [0.5, 0.6) is 0 Å². The van der Waals surface area contributed by atoms with E-state index in [-0.39, 0.29) is 5.56 Å². The zero-order valence-electron chi connectivity index (χ0n) is 11.5. The first-order valence-corrected chi connectivity index (χ1v) is 6.27. The standard InChI is InChI=1S/C14H12FN5O/c1-8-11-6-10(7-17-13(11)20(2)19-8)18-14(21)9-3-4-16-12(15)5-9/h3-7H,1-2H3,(H,18,21). The van der Waals surface area contributed by atoms with E-state index in [4.69, 9.17) is 0 Å². The van der Waals surface area contributed by atoms with E-state index in [1.807, 2.05) is 6.92 Å². The van der Waals surface area contributed by atoms with E-state index in [1.54, 1.807) is 24.0 Å². The number of halogens is 1. The second kappa shape index (κ2) is 4.93. The molecule has 0 aliphatic carbocycles. The van der Waals surface area contributed by atoms with E-state index in [0.29, 0.717) is 5.69 Å². The molecule has 21 heavy (non-hydrogen) atoms. The molecule has 1 N–H and O–H groups in total. The number of pyridine rings is 2. The summed E-state index contributed by atoms with van der Waals surface area (Å²) in [5.41, 5.74) is 2.29. The predicted molar refractivity (Wildman–Crippen MR) is 75.4 cm³/mol. The molecule has 0 saturated carbocycles. The number of nitrogens with one attached hydrogen (secondary N) is 1. The van der Waals surface area contributed by atoms with Crippen LogP contribution in [0.3, 0.4) is 0 Å². The zero-order chi connectivity index (χ0) is 15.0. The fraction of sp³-hybridized carbons (Fsp3) is 0.143. The molecule has 0 atom stereocenters. The monoisotopic (exact) mass is 285 g/mol. The van der Waals surface area contributed by atoms with Gasteiger partial charge in [0.2, 0.25) is 5.95 Å². The summed E-state index contributed by atoms with van der Waals surface area (Å²) in [7, 11) is 1.81. The third-order valence-electron chi connectivity index (χ3n) is 3.11. The van der Waals surface area contributed by atoms with E-state index in [9.17, 15) is 9.18 Å². The Morgan fingerprint density at radius 3 is 2.90 bits per heavy atom. The van der Waals surface area contributed by atoms with Gasteiger partial charge in [-0.3, -0.25) is 9.48 Å². The molecule has 0 aliphatic rings. The molecule has 0 unspecified atom stereocenters. The quantitative estimate of drug-likeness (QED) is 0.731. The van der Waals surface area contributed by atoms with E-state index in [1.165, 1.54) is 12.3 Å². The van der Waals surface area contributed by atoms with Crippen molar-refractivity contribution in [1.29, 1.82) is 0 Å². The Morgan fingerprint density at radius 1 is 1.33 bits per heavy atom. The molecule has 0 fully saturated rings. The Balaban J connectivity index is 1.91. The smallest absolute Gasteiger partial charge is 0.255 e. The van der Waals surface area contributed by atoms with Gasteiger partial charge < -0.3 is 5.32 Å². The Kier molecular flexibility index (Phi) is 3.09. The van der Waals surface area contributed by atoms with Crippen LogP contribution in [0.25, 0.3) is 11.0 Å². The van der Waals surface area contributed by atoms with Gasteiger partial charge in [0.25, 0.3) is 5.91 Å². The molecule has 7 heteroatoms. The van der Waals surface area contributed by atoms with Crippen molar-refractivity contribution in [2.75, 3.05) is 5.32 Å². The molecule has 0 aliphatic heterocycles. The zero-order valence-corrected chi connectivity index (χ0v) is 11.5. The summed E-state index contributed by atoms with van der Waals surface area (Å²) in [5, 5.41) is 7.80. The Hall–Kier alpha value is -2.83. The summed E-state index contributed by atoms with van der Waals surface area (Å²) in [4.78, 5) is 19.7. The largest absolute Gasteiger partial charge is 0.321 e. The summed E-state index contributed by atoms with van der Waals surface area (Å²) in [6, 6.07) is 4.32. The van der Waals surface area contributed by atoms with Crippen LogP contribution in [0, 0.1) is 12.9 Å². The van der Waals surface area contributed by atoms with Gasteiger partial charge in [0, 0.05) is 30.3 Å². The predicted octanol–water partition coefficient (Wildman–Crippen LogP) is 2.06. The van der Waals surface area contributed by atoms with Crippen molar-refractivity contribution >= 4 is 22.6 Å². The number of aryl methyl sites for hydroxylation is 2.